The number of carbonyl (C=O) groups is 1. The highest BCUT2D eigenvalue weighted by Gasteiger charge is 2.19. The summed E-state index contributed by atoms with van der Waals surface area (Å²) >= 11 is 0. The van der Waals surface area contributed by atoms with Crippen LogP contribution in [0.3, 0.4) is 0 Å². The third kappa shape index (κ3) is 5.99. The number of methoxy groups -OCH3 is 1. The van der Waals surface area contributed by atoms with Crippen LogP contribution in [0.1, 0.15) is 44.6 Å². The Morgan fingerprint density at radius 3 is 2.43 bits per heavy atom. The minimum Gasteiger partial charge on any atom is -0.495 e. The first-order valence-corrected chi connectivity index (χ1v) is 11.1. The van der Waals surface area contributed by atoms with Crippen molar-refractivity contribution in [2.24, 2.45) is 0 Å². The van der Waals surface area contributed by atoms with Gasteiger partial charge in [0.1, 0.15) is 5.75 Å². The molecule has 1 heterocycles. The van der Waals surface area contributed by atoms with Crippen LogP contribution in [0.25, 0.3) is 0 Å². The number of hydrogen-bond donors (Lipinski definition) is 1. The number of carbonyl (C=O) groups excluding carboxylic acids is 1. The van der Waals surface area contributed by atoms with Crippen molar-refractivity contribution >= 4 is 17.3 Å². The van der Waals surface area contributed by atoms with Gasteiger partial charge in [0.05, 0.1) is 12.8 Å². The van der Waals surface area contributed by atoms with Crippen LogP contribution >= 0.6 is 0 Å². The molecule has 1 saturated heterocycles. The van der Waals surface area contributed by atoms with Crippen molar-refractivity contribution in [1.82, 2.24) is 4.90 Å². The third-order valence-corrected chi connectivity index (χ3v) is 6.05. The zero-order valence-corrected chi connectivity index (χ0v) is 18.6. The molecule has 5 heteroatoms. The minimum absolute atomic E-state index is 0.0962. The zero-order valence-electron chi connectivity index (χ0n) is 18.6. The van der Waals surface area contributed by atoms with E-state index in [1.54, 1.807) is 7.11 Å². The molecule has 1 aliphatic rings. The number of hydrogen-bond acceptors (Lipinski definition) is 4. The highest BCUT2D eigenvalue weighted by molar-refractivity contribution is 5.90. The fraction of sp³-hybridized carbons (Fsp3) is 0.480. The maximum absolute atomic E-state index is 12.3. The van der Waals surface area contributed by atoms with Crippen LogP contribution in [0.2, 0.25) is 0 Å². The minimum atomic E-state index is 0.0962. The van der Waals surface area contributed by atoms with Crippen molar-refractivity contribution in [3.8, 4) is 5.75 Å². The van der Waals surface area contributed by atoms with E-state index in [4.69, 9.17) is 4.74 Å². The summed E-state index contributed by atoms with van der Waals surface area (Å²) < 4.78 is 5.49. The second-order valence-electron chi connectivity index (χ2n) is 8.08. The van der Waals surface area contributed by atoms with E-state index in [1.165, 1.54) is 11.3 Å². The standard InChI is InChI=1S/C25H35N3O2/c1-4-20(2)21-11-13-22(14-12-21)26-25(29)10-7-15-27-16-18-28(19-17-27)23-8-5-6-9-24(23)30-3/h5-6,8-9,11-14,20H,4,7,10,15-19H2,1-3H3,(H,26,29). The Balaban J connectivity index is 1.37. The second-order valence-corrected chi connectivity index (χ2v) is 8.08. The summed E-state index contributed by atoms with van der Waals surface area (Å²) in [4.78, 5) is 17.1. The molecule has 3 rings (SSSR count). The molecule has 0 aliphatic carbocycles. The molecule has 5 nitrogen and oxygen atoms in total. The molecular weight excluding hydrogens is 374 g/mol. The predicted octanol–water partition coefficient (Wildman–Crippen LogP) is 4.75. The first-order valence-electron chi connectivity index (χ1n) is 11.1. The van der Waals surface area contributed by atoms with Gasteiger partial charge in [-0.05, 0) is 55.1 Å². The van der Waals surface area contributed by atoms with Gasteiger partial charge in [-0.3, -0.25) is 9.69 Å². The lowest BCUT2D eigenvalue weighted by Gasteiger charge is -2.36. The number of piperazine rings is 1. The van der Waals surface area contributed by atoms with E-state index in [9.17, 15) is 4.79 Å². The van der Waals surface area contributed by atoms with Gasteiger partial charge in [-0.15, -0.1) is 0 Å². The molecule has 1 atom stereocenters. The molecule has 0 saturated carbocycles. The molecule has 1 amide bonds. The molecule has 0 spiro atoms. The number of amides is 1. The Bertz CT molecular complexity index is 798. The number of nitrogens with one attached hydrogen (secondary N) is 1. The highest BCUT2D eigenvalue weighted by Crippen LogP contribution is 2.28. The maximum atomic E-state index is 12.3. The Hall–Kier alpha value is -2.53. The van der Waals surface area contributed by atoms with Crippen LogP contribution in [-0.4, -0.2) is 50.6 Å². The van der Waals surface area contributed by atoms with Crippen LogP contribution in [0.15, 0.2) is 48.5 Å². The fourth-order valence-electron chi connectivity index (χ4n) is 3.92. The van der Waals surface area contributed by atoms with Crippen molar-refractivity contribution < 1.29 is 9.53 Å². The van der Waals surface area contributed by atoms with Gasteiger partial charge < -0.3 is 15.0 Å². The molecule has 1 fully saturated rings. The van der Waals surface area contributed by atoms with Crippen LogP contribution < -0.4 is 15.0 Å². The second kappa shape index (κ2) is 11.0. The summed E-state index contributed by atoms with van der Waals surface area (Å²) in [5, 5.41) is 3.03. The maximum Gasteiger partial charge on any atom is 0.224 e. The fourth-order valence-corrected chi connectivity index (χ4v) is 3.92. The topological polar surface area (TPSA) is 44.8 Å². The molecule has 0 bridgehead atoms. The van der Waals surface area contributed by atoms with E-state index in [0.717, 1.165) is 57.0 Å². The van der Waals surface area contributed by atoms with Crippen LogP contribution in [0.4, 0.5) is 11.4 Å². The normalized spacial score (nSPS) is 15.6. The van der Waals surface area contributed by atoms with Crippen molar-refractivity contribution in [2.45, 2.75) is 39.0 Å². The summed E-state index contributed by atoms with van der Waals surface area (Å²) in [5.41, 5.74) is 3.37. The van der Waals surface area contributed by atoms with Gasteiger partial charge in [-0.1, -0.05) is 38.1 Å². The lowest BCUT2D eigenvalue weighted by molar-refractivity contribution is -0.116. The first kappa shape index (κ1) is 22.2. The lowest BCUT2D eigenvalue weighted by atomic mass is 9.99. The van der Waals surface area contributed by atoms with E-state index in [1.807, 2.05) is 24.3 Å². The zero-order chi connectivity index (χ0) is 21.3. The van der Waals surface area contributed by atoms with Gasteiger partial charge in [0, 0.05) is 38.3 Å². The van der Waals surface area contributed by atoms with Crippen LogP contribution in [-0.2, 0) is 4.79 Å². The highest BCUT2D eigenvalue weighted by atomic mass is 16.5. The SMILES string of the molecule is CCC(C)c1ccc(NC(=O)CCCN2CCN(c3ccccc3OC)CC2)cc1. The van der Waals surface area contributed by atoms with Crippen molar-refractivity contribution in [3.05, 3.63) is 54.1 Å². The number of para-hydroxylation sites is 2. The lowest BCUT2D eigenvalue weighted by Crippen LogP contribution is -2.46. The molecule has 30 heavy (non-hydrogen) atoms. The summed E-state index contributed by atoms with van der Waals surface area (Å²) in [6.07, 6.45) is 2.56. The number of anilines is 2. The Morgan fingerprint density at radius 2 is 1.77 bits per heavy atom. The van der Waals surface area contributed by atoms with Gasteiger partial charge in [0.2, 0.25) is 5.91 Å². The monoisotopic (exact) mass is 409 g/mol. The van der Waals surface area contributed by atoms with Gasteiger partial charge >= 0.3 is 0 Å². The van der Waals surface area contributed by atoms with Crippen LogP contribution in [0, 0.1) is 0 Å². The summed E-state index contributed by atoms with van der Waals surface area (Å²) in [5.74, 6) is 1.58. The van der Waals surface area contributed by atoms with E-state index >= 15 is 0 Å². The molecule has 2 aromatic carbocycles. The molecule has 1 N–H and O–H groups in total. The summed E-state index contributed by atoms with van der Waals surface area (Å²) in [6, 6.07) is 16.4. The molecule has 0 aromatic heterocycles. The number of ether oxygens (including phenoxy) is 1. The average Bonchev–Trinajstić information content (AvgIpc) is 2.79. The smallest absolute Gasteiger partial charge is 0.224 e. The number of rotatable bonds is 9. The molecule has 1 unspecified atom stereocenters. The largest absolute Gasteiger partial charge is 0.495 e. The van der Waals surface area contributed by atoms with Crippen molar-refractivity contribution in [1.29, 1.82) is 0 Å². The molecule has 2 aromatic rings. The summed E-state index contributed by atoms with van der Waals surface area (Å²) in [6.45, 7) is 9.36. The van der Waals surface area contributed by atoms with Gasteiger partial charge in [0.15, 0.2) is 0 Å². The Kier molecular flexibility index (Phi) is 8.14. The van der Waals surface area contributed by atoms with Crippen LogP contribution in [0.5, 0.6) is 5.75 Å². The van der Waals surface area contributed by atoms with Gasteiger partial charge in [-0.25, -0.2) is 0 Å². The first-order chi connectivity index (χ1) is 14.6. The number of benzene rings is 2. The van der Waals surface area contributed by atoms with Gasteiger partial charge in [0.25, 0.3) is 0 Å². The Labute approximate surface area is 181 Å². The van der Waals surface area contributed by atoms with Crippen molar-refractivity contribution in [2.75, 3.05) is 50.1 Å². The molecule has 1 aliphatic heterocycles. The molecule has 0 radical (unpaired) electrons. The number of nitrogens with zero attached hydrogens (tertiary/aromatic N) is 2. The molecular formula is C25H35N3O2. The molecule has 162 valence electrons. The van der Waals surface area contributed by atoms with E-state index in [0.29, 0.717) is 12.3 Å². The average molecular weight is 410 g/mol. The quantitative estimate of drug-likeness (QED) is 0.649. The van der Waals surface area contributed by atoms with E-state index < -0.39 is 0 Å². The summed E-state index contributed by atoms with van der Waals surface area (Å²) in [7, 11) is 1.72. The van der Waals surface area contributed by atoms with E-state index in [2.05, 4.69) is 53.2 Å². The van der Waals surface area contributed by atoms with Gasteiger partial charge in [-0.2, -0.15) is 0 Å². The Morgan fingerprint density at radius 1 is 1.07 bits per heavy atom. The van der Waals surface area contributed by atoms with Crippen molar-refractivity contribution in [3.63, 3.8) is 0 Å². The predicted molar refractivity (Wildman–Crippen MR) is 125 cm³/mol. The van der Waals surface area contributed by atoms with E-state index in [-0.39, 0.29) is 5.91 Å². The third-order valence-electron chi connectivity index (χ3n) is 6.05.